The average molecular weight is 366 g/mol. The number of nitrogens with zero attached hydrogens (tertiary/aromatic N) is 2. The van der Waals surface area contributed by atoms with Gasteiger partial charge in [-0.2, -0.15) is 0 Å². The molecule has 0 aliphatic heterocycles. The second kappa shape index (κ2) is 6.59. The van der Waals surface area contributed by atoms with Crippen molar-refractivity contribution < 1.29 is 9.18 Å². The molecule has 0 atom stereocenters. The number of hydrogen-bond donors (Lipinski definition) is 1. The quantitative estimate of drug-likeness (QED) is 0.772. The number of halogens is 3. The normalized spacial score (nSPS) is 10.8. The molecule has 0 saturated carbocycles. The third-order valence-electron chi connectivity index (χ3n) is 3.31. The molecule has 0 unspecified atom stereocenters. The second-order valence-electron chi connectivity index (χ2n) is 5.01. The molecule has 24 heavy (non-hydrogen) atoms. The van der Waals surface area contributed by atoms with Gasteiger partial charge < -0.3 is 5.32 Å². The Balaban J connectivity index is 1.85. The first-order valence-electron chi connectivity index (χ1n) is 6.83. The summed E-state index contributed by atoms with van der Waals surface area (Å²) in [6.45, 7) is -0.309. The molecule has 2 aromatic carbocycles. The number of nitrogens with one attached hydrogen (secondary N) is 1. The summed E-state index contributed by atoms with van der Waals surface area (Å²) in [5.74, 6) is -1.23. The number of anilines is 1. The van der Waals surface area contributed by atoms with Gasteiger partial charge in [-0.25, -0.2) is 9.37 Å². The molecular weight excluding hydrogens is 356 g/mol. The lowest BCUT2D eigenvalue weighted by Gasteiger charge is -2.09. The van der Waals surface area contributed by atoms with Crippen LogP contribution in [-0.2, 0) is 11.3 Å². The van der Waals surface area contributed by atoms with E-state index in [1.807, 2.05) is 0 Å². The van der Waals surface area contributed by atoms with E-state index < -0.39 is 17.3 Å². The lowest BCUT2D eigenvalue weighted by atomic mass is 10.2. The van der Waals surface area contributed by atoms with Crippen molar-refractivity contribution in [2.24, 2.45) is 0 Å². The first kappa shape index (κ1) is 16.4. The van der Waals surface area contributed by atoms with Gasteiger partial charge >= 0.3 is 0 Å². The molecule has 8 heteroatoms. The maximum absolute atomic E-state index is 13.7. The van der Waals surface area contributed by atoms with Crippen LogP contribution in [0.5, 0.6) is 0 Å². The van der Waals surface area contributed by atoms with E-state index in [-0.39, 0.29) is 17.3 Å². The van der Waals surface area contributed by atoms with Gasteiger partial charge in [-0.15, -0.1) is 0 Å². The van der Waals surface area contributed by atoms with Crippen molar-refractivity contribution in [3.05, 3.63) is 68.9 Å². The van der Waals surface area contributed by atoms with Crippen LogP contribution in [0, 0.1) is 5.82 Å². The predicted octanol–water partition coefficient (Wildman–Crippen LogP) is 3.48. The highest BCUT2D eigenvalue weighted by atomic mass is 35.5. The minimum atomic E-state index is -0.661. The van der Waals surface area contributed by atoms with E-state index >= 15 is 0 Å². The van der Waals surface area contributed by atoms with Crippen LogP contribution < -0.4 is 10.9 Å². The summed E-state index contributed by atoms with van der Waals surface area (Å²) in [7, 11) is 0. The Morgan fingerprint density at radius 1 is 1.17 bits per heavy atom. The topological polar surface area (TPSA) is 64.0 Å². The molecule has 0 aliphatic rings. The number of carbonyl (C=O) groups excluding carboxylic acids is 1. The SMILES string of the molecule is O=C(Cn1cnc2ccc(Cl)cc2c1=O)Nc1ccc(Cl)cc1F. The Morgan fingerprint density at radius 3 is 2.62 bits per heavy atom. The first-order chi connectivity index (χ1) is 11.4. The molecule has 1 heterocycles. The van der Waals surface area contributed by atoms with Gasteiger partial charge in [0.2, 0.25) is 5.91 Å². The zero-order valence-electron chi connectivity index (χ0n) is 12.1. The van der Waals surface area contributed by atoms with Crippen LogP contribution in [0.4, 0.5) is 10.1 Å². The minimum absolute atomic E-state index is 0.0192. The highest BCUT2D eigenvalue weighted by molar-refractivity contribution is 6.31. The first-order valence-corrected chi connectivity index (χ1v) is 7.59. The molecular formula is C16H10Cl2FN3O2. The van der Waals surface area contributed by atoms with Gasteiger partial charge in [0.25, 0.3) is 5.56 Å². The van der Waals surface area contributed by atoms with Gasteiger partial charge in [-0.1, -0.05) is 23.2 Å². The molecule has 1 N–H and O–H groups in total. The zero-order valence-corrected chi connectivity index (χ0v) is 13.6. The molecule has 0 aliphatic carbocycles. The molecule has 0 radical (unpaired) electrons. The van der Waals surface area contributed by atoms with E-state index in [1.54, 1.807) is 12.1 Å². The molecule has 3 aromatic rings. The van der Waals surface area contributed by atoms with Gasteiger partial charge in [-0.05, 0) is 36.4 Å². The monoisotopic (exact) mass is 365 g/mol. The highest BCUT2D eigenvalue weighted by Gasteiger charge is 2.11. The van der Waals surface area contributed by atoms with Crippen LogP contribution >= 0.6 is 23.2 Å². The minimum Gasteiger partial charge on any atom is -0.322 e. The number of amides is 1. The summed E-state index contributed by atoms with van der Waals surface area (Å²) in [5.41, 5.74) is 0.0493. The number of fused-ring (bicyclic) bond motifs is 1. The summed E-state index contributed by atoms with van der Waals surface area (Å²) in [6, 6.07) is 8.61. The molecule has 5 nitrogen and oxygen atoms in total. The van der Waals surface area contributed by atoms with Crippen LogP contribution in [0.15, 0.2) is 47.5 Å². The Labute approximate surface area is 145 Å². The average Bonchev–Trinajstić information content (AvgIpc) is 2.53. The number of rotatable bonds is 3. The van der Waals surface area contributed by atoms with Crippen LogP contribution in [0.1, 0.15) is 0 Å². The fraction of sp³-hybridized carbons (Fsp3) is 0.0625. The molecule has 122 valence electrons. The molecule has 0 spiro atoms. The summed E-state index contributed by atoms with van der Waals surface area (Å²) in [6.07, 6.45) is 1.26. The fourth-order valence-electron chi connectivity index (χ4n) is 2.18. The molecule has 0 fully saturated rings. The fourth-order valence-corrected chi connectivity index (χ4v) is 2.51. The Kier molecular flexibility index (Phi) is 4.51. The lowest BCUT2D eigenvalue weighted by molar-refractivity contribution is -0.116. The summed E-state index contributed by atoms with van der Waals surface area (Å²) in [5, 5.41) is 3.30. The maximum Gasteiger partial charge on any atom is 0.261 e. The highest BCUT2D eigenvalue weighted by Crippen LogP contribution is 2.19. The lowest BCUT2D eigenvalue weighted by Crippen LogP contribution is -2.28. The van der Waals surface area contributed by atoms with Crippen molar-refractivity contribution in [1.29, 1.82) is 0 Å². The summed E-state index contributed by atoms with van der Waals surface area (Å²) < 4.78 is 14.8. The predicted molar refractivity (Wildman–Crippen MR) is 91.1 cm³/mol. The zero-order chi connectivity index (χ0) is 17.3. The summed E-state index contributed by atoms with van der Waals surface area (Å²) >= 11 is 11.5. The van der Waals surface area contributed by atoms with Gasteiger partial charge in [0, 0.05) is 10.0 Å². The smallest absolute Gasteiger partial charge is 0.261 e. The molecule has 1 aromatic heterocycles. The van der Waals surface area contributed by atoms with Crippen molar-refractivity contribution in [1.82, 2.24) is 9.55 Å². The van der Waals surface area contributed by atoms with E-state index in [4.69, 9.17) is 23.2 Å². The van der Waals surface area contributed by atoms with Crippen molar-refractivity contribution in [2.45, 2.75) is 6.54 Å². The number of carbonyl (C=O) groups is 1. The Hall–Kier alpha value is -2.44. The van der Waals surface area contributed by atoms with Crippen molar-refractivity contribution in [3.8, 4) is 0 Å². The third kappa shape index (κ3) is 3.39. The molecule has 0 saturated heterocycles. The van der Waals surface area contributed by atoms with Gasteiger partial charge in [0.1, 0.15) is 12.4 Å². The van der Waals surface area contributed by atoms with Gasteiger partial charge in [0.05, 0.1) is 22.9 Å². The van der Waals surface area contributed by atoms with E-state index in [2.05, 4.69) is 10.3 Å². The van der Waals surface area contributed by atoms with Crippen molar-refractivity contribution >= 4 is 45.7 Å². The van der Waals surface area contributed by atoms with Crippen molar-refractivity contribution in [3.63, 3.8) is 0 Å². The van der Waals surface area contributed by atoms with E-state index in [0.29, 0.717) is 15.9 Å². The second-order valence-corrected chi connectivity index (χ2v) is 5.88. The van der Waals surface area contributed by atoms with E-state index in [0.717, 1.165) is 10.6 Å². The van der Waals surface area contributed by atoms with Gasteiger partial charge in [0.15, 0.2) is 0 Å². The van der Waals surface area contributed by atoms with Crippen LogP contribution in [0.3, 0.4) is 0 Å². The van der Waals surface area contributed by atoms with E-state index in [1.165, 1.54) is 24.5 Å². The maximum atomic E-state index is 13.7. The number of aromatic nitrogens is 2. The van der Waals surface area contributed by atoms with Crippen LogP contribution in [0.25, 0.3) is 10.9 Å². The Bertz CT molecular complexity index is 1000. The molecule has 3 rings (SSSR count). The van der Waals surface area contributed by atoms with Crippen LogP contribution in [-0.4, -0.2) is 15.5 Å². The third-order valence-corrected chi connectivity index (χ3v) is 3.78. The summed E-state index contributed by atoms with van der Waals surface area (Å²) in [4.78, 5) is 28.5. The molecule has 1 amide bonds. The van der Waals surface area contributed by atoms with E-state index in [9.17, 15) is 14.0 Å². The van der Waals surface area contributed by atoms with Crippen molar-refractivity contribution in [2.75, 3.05) is 5.32 Å². The van der Waals surface area contributed by atoms with Gasteiger partial charge in [-0.3, -0.25) is 14.2 Å². The molecule has 0 bridgehead atoms. The van der Waals surface area contributed by atoms with Crippen LogP contribution in [0.2, 0.25) is 10.0 Å². The number of hydrogen-bond acceptors (Lipinski definition) is 3. The largest absolute Gasteiger partial charge is 0.322 e. The standard InChI is InChI=1S/C16H10Cl2FN3O2/c17-9-1-3-13-11(5-9)16(24)22(8-20-13)7-15(23)21-14-4-2-10(18)6-12(14)19/h1-6,8H,7H2,(H,21,23). The Morgan fingerprint density at radius 2 is 1.88 bits per heavy atom. The number of benzene rings is 2.